The standard InChI is InChI=1S/C37H51NO2/c1-27(2)14-11-15-28(3)16-12-17-29(4)18-13-22-37(7)23-21-33-34-25-38(24-32-19-9-8-10-20-32)26-39-35(34)30(5)31(6)36(33)40-37/h8-10,14,16,18-20H,11-13,15,17,21-26H2,1-7H3/t37-/m1/s1. The monoisotopic (exact) mass is 541 g/mol. The van der Waals surface area contributed by atoms with Crippen LogP contribution in [0.2, 0.25) is 0 Å². The Hall–Kier alpha value is -2.78. The molecule has 0 aliphatic carbocycles. The third kappa shape index (κ3) is 7.91. The van der Waals surface area contributed by atoms with Crippen LogP contribution in [0.5, 0.6) is 11.5 Å². The van der Waals surface area contributed by atoms with Gasteiger partial charge in [-0.3, -0.25) is 4.90 Å². The van der Waals surface area contributed by atoms with Gasteiger partial charge in [0, 0.05) is 24.2 Å². The smallest absolute Gasteiger partial charge is 0.142 e. The molecule has 40 heavy (non-hydrogen) atoms. The summed E-state index contributed by atoms with van der Waals surface area (Å²) in [6, 6.07) is 10.7. The van der Waals surface area contributed by atoms with Crippen LogP contribution in [0.4, 0.5) is 0 Å². The van der Waals surface area contributed by atoms with Gasteiger partial charge >= 0.3 is 0 Å². The Morgan fingerprint density at radius 2 is 1.50 bits per heavy atom. The molecule has 2 aliphatic heterocycles. The van der Waals surface area contributed by atoms with E-state index in [2.05, 4.69) is 102 Å². The fourth-order valence-electron chi connectivity index (χ4n) is 6.03. The van der Waals surface area contributed by atoms with Crippen LogP contribution >= 0.6 is 0 Å². The second-order valence-corrected chi connectivity index (χ2v) is 12.7. The van der Waals surface area contributed by atoms with E-state index < -0.39 is 0 Å². The number of allylic oxidation sites excluding steroid dienone is 6. The van der Waals surface area contributed by atoms with Crippen LogP contribution in [-0.2, 0) is 19.5 Å². The first-order chi connectivity index (χ1) is 19.1. The summed E-state index contributed by atoms with van der Waals surface area (Å²) >= 11 is 0. The van der Waals surface area contributed by atoms with Crippen molar-refractivity contribution < 1.29 is 9.47 Å². The molecule has 216 valence electrons. The van der Waals surface area contributed by atoms with Gasteiger partial charge in [-0.15, -0.1) is 0 Å². The fraction of sp³-hybridized carbons (Fsp3) is 0.514. The van der Waals surface area contributed by atoms with Crippen molar-refractivity contribution in [1.29, 1.82) is 0 Å². The Balaban J connectivity index is 1.36. The minimum atomic E-state index is -0.129. The van der Waals surface area contributed by atoms with E-state index >= 15 is 0 Å². The molecule has 2 aromatic rings. The normalized spacial score (nSPS) is 19.4. The predicted molar refractivity (Wildman–Crippen MR) is 169 cm³/mol. The lowest BCUT2D eigenvalue weighted by Gasteiger charge is -2.40. The van der Waals surface area contributed by atoms with Crippen LogP contribution in [0.1, 0.15) is 107 Å². The van der Waals surface area contributed by atoms with E-state index in [0.717, 1.165) is 69.5 Å². The number of nitrogens with zero attached hydrogens (tertiary/aromatic N) is 1. The highest BCUT2D eigenvalue weighted by atomic mass is 16.5. The van der Waals surface area contributed by atoms with Crippen molar-refractivity contribution in [2.45, 2.75) is 119 Å². The number of rotatable bonds is 11. The predicted octanol–water partition coefficient (Wildman–Crippen LogP) is 9.94. The molecule has 0 aromatic heterocycles. The molecule has 2 aromatic carbocycles. The Morgan fingerprint density at radius 3 is 2.20 bits per heavy atom. The lowest BCUT2D eigenvalue weighted by molar-refractivity contribution is 0.0517. The van der Waals surface area contributed by atoms with Crippen molar-refractivity contribution in [1.82, 2.24) is 4.90 Å². The third-order valence-electron chi connectivity index (χ3n) is 8.72. The molecule has 1 atom stereocenters. The second kappa shape index (κ2) is 13.7. The molecule has 0 saturated carbocycles. The zero-order valence-electron chi connectivity index (χ0n) is 26.2. The van der Waals surface area contributed by atoms with E-state index in [-0.39, 0.29) is 5.60 Å². The Morgan fingerprint density at radius 1 is 0.850 bits per heavy atom. The summed E-state index contributed by atoms with van der Waals surface area (Å²) in [7, 11) is 0. The van der Waals surface area contributed by atoms with Crippen molar-refractivity contribution in [2.24, 2.45) is 0 Å². The molecule has 2 heterocycles. The zero-order chi connectivity index (χ0) is 28.7. The summed E-state index contributed by atoms with van der Waals surface area (Å²) < 4.78 is 13.2. The van der Waals surface area contributed by atoms with Crippen LogP contribution in [0.25, 0.3) is 0 Å². The number of ether oxygens (including phenoxy) is 2. The van der Waals surface area contributed by atoms with E-state index in [0.29, 0.717) is 6.73 Å². The van der Waals surface area contributed by atoms with Crippen molar-refractivity contribution in [3.8, 4) is 11.5 Å². The van der Waals surface area contributed by atoms with Crippen LogP contribution in [0.3, 0.4) is 0 Å². The van der Waals surface area contributed by atoms with Gasteiger partial charge in [-0.05, 0) is 117 Å². The SMILES string of the molecule is CC(C)=CCCC(C)=CCCC(C)=CCC[C@]1(C)CCc2c3c(c(C)c(C)c2O1)OCN(Cc1ccccc1)C3. The van der Waals surface area contributed by atoms with Gasteiger partial charge in [0.05, 0.1) is 0 Å². The van der Waals surface area contributed by atoms with Gasteiger partial charge in [-0.1, -0.05) is 65.3 Å². The first-order valence-electron chi connectivity index (χ1n) is 15.3. The summed E-state index contributed by atoms with van der Waals surface area (Å²) in [6.45, 7) is 18.1. The summed E-state index contributed by atoms with van der Waals surface area (Å²) in [6.07, 6.45) is 16.0. The molecule has 0 amide bonds. The lowest BCUT2D eigenvalue weighted by Crippen LogP contribution is -2.38. The molecule has 0 bridgehead atoms. The van der Waals surface area contributed by atoms with Crippen LogP contribution in [0, 0.1) is 13.8 Å². The lowest BCUT2D eigenvalue weighted by atomic mass is 9.84. The van der Waals surface area contributed by atoms with Crippen molar-refractivity contribution in [3.63, 3.8) is 0 Å². The Kier molecular flexibility index (Phi) is 10.4. The van der Waals surface area contributed by atoms with Gasteiger partial charge in [-0.25, -0.2) is 0 Å². The van der Waals surface area contributed by atoms with E-state index in [1.54, 1.807) is 0 Å². The van der Waals surface area contributed by atoms with E-state index in [9.17, 15) is 0 Å². The minimum absolute atomic E-state index is 0.129. The van der Waals surface area contributed by atoms with Crippen LogP contribution in [-0.4, -0.2) is 17.2 Å². The highest BCUT2D eigenvalue weighted by Gasteiger charge is 2.36. The van der Waals surface area contributed by atoms with E-state index in [4.69, 9.17) is 9.47 Å². The maximum atomic E-state index is 6.88. The molecule has 0 saturated heterocycles. The number of benzene rings is 2. The fourth-order valence-corrected chi connectivity index (χ4v) is 6.03. The molecule has 0 radical (unpaired) electrons. The molecule has 3 heteroatoms. The van der Waals surface area contributed by atoms with Crippen molar-refractivity contribution in [3.05, 3.63) is 93.1 Å². The van der Waals surface area contributed by atoms with Gasteiger partial charge in [0.25, 0.3) is 0 Å². The first-order valence-corrected chi connectivity index (χ1v) is 15.3. The topological polar surface area (TPSA) is 21.7 Å². The summed E-state index contributed by atoms with van der Waals surface area (Å²) in [4.78, 5) is 2.40. The van der Waals surface area contributed by atoms with Gasteiger partial charge in [0.15, 0.2) is 0 Å². The van der Waals surface area contributed by atoms with Crippen molar-refractivity contribution in [2.75, 3.05) is 6.73 Å². The van der Waals surface area contributed by atoms with Crippen molar-refractivity contribution >= 4 is 0 Å². The first kappa shape index (κ1) is 30.2. The van der Waals surface area contributed by atoms with Gasteiger partial charge < -0.3 is 9.47 Å². The van der Waals surface area contributed by atoms with E-state index in [1.807, 2.05) is 0 Å². The number of fused-ring (bicyclic) bond motifs is 3. The summed E-state index contributed by atoms with van der Waals surface area (Å²) in [5.41, 5.74) is 10.8. The molecule has 0 unspecified atom stereocenters. The second-order valence-electron chi connectivity index (χ2n) is 12.7. The Labute approximate surface area is 244 Å². The molecule has 2 aliphatic rings. The van der Waals surface area contributed by atoms with Crippen LogP contribution in [0.15, 0.2) is 65.3 Å². The summed E-state index contributed by atoms with van der Waals surface area (Å²) in [5.74, 6) is 2.21. The largest absolute Gasteiger partial charge is 0.487 e. The molecule has 0 N–H and O–H groups in total. The maximum Gasteiger partial charge on any atom is 0.142 e. The highest BCUT2D eigenvalue weighted by Crippen LogP contribution is 2.46. The molecule has 0 spiro atoms. The van der Waals surface area contributed by atoms with Gasteiger partial charge in [0.1, 0.15) is 23.8 Å². The van der Waals surface area contributed by atoms with Gasteiger partial charge in [-0.2, -0.15) is 0 Å². The van der Waals surface area contributed by atoms with Gasteiger partial charge in [0.2, 0.25) is 0 Å². The number of hydrogen-bond donors (Lipinski definition) is 0. The van der Waals surface area contributed by atoms with E-state index in [1.165, 1.54) is 51.0 Å². The van der Waals surface area contributed by atoms with Crippen LogP contribution < -0.4 is 9.47 Å². The third-order valence-corrected chi connectivity index (χ3v) is 8.72. The minimum Gasteiger partial charge on any atom is -0.487 e. The number of hydrogen-bond acceptors (Lipinski definition) is 3. The summed E-state index contributed by atoms with van der Waals surface area (Å²) in [5, 5.41) is 0. The average molecular weight is 542 g/mol. The highest BCUT2D eigenvalue weighted by molar-refractivity contribution is 5.60. The molecule has 0 fully saturated rings. The molecule has 4 rings (SSSR count). The average Bonchev–Trinajstić information content (AvgIpc) is 2.92. The maximum absolute atomic E-state index is 6.88. The zero-order valence-corrected chi connectivity index (χ0v) is 26.2. The molecule has 3 nitrogen and oxygen atoms in total. The molecular weight excluding hydrogens is 490 g/mol. The Bertz CT molecular complexity index is 1250. The molecular formula is C37H51NO2. The quantitative estimate of drug-likeness (QED) is 0.264.